The van der Waals surface area contributed by atoms with Crippen LogP contribution < -0.4 is 10.6 Å². The van der Waals surface area contributed by atoms with E-state index >= 15 is 0 Å². The van der Waals surface area contributed by atoms with Crippen molar-refractivity contribution in [3.63, 3.8) is 0 Å². The van der Waals surface area contributed by atoms with Crippen LogP contribution in [-0.4, -0.2) is 50.0 Å². The Hall–Kier alpha value is -0.650. The summed E-state index contributed by atoms with van der Waals surface area (Å²) in [5.41, 5.74) is 0. The molecule has 0 radical (unpaired) electrons. The maximum absolute atomic E-state index is 11.5. The average molecular weight is 230 g/mol. The van der Waals surface area contributed by atoms with E-state index in [-0.39, 0.29) is 24.6 Å². The molecule has 16 heavy (non-hydrogen) atoms. The Kier molecular flexibility index (Phi) is 6.37. The summed E-state index contributed by atoms with van der Waals surface area (Å²) in [5.74, 6) is -0.0537. The van der Waals surface area contributed by atoms with Crippen LogP contribution in [0.15, 0.2) is 0 Å². The van der Waals surface area contributed by atoms with Gasteiger partial charge in [0, 0.05) is 13.7 Å². The molecule has 1 aliphatic carbocycles. The summed E-state index contributed by atoms with van der Waals surface area (Å²) in [6, 6.07) is -0.0644. The van der Waals surface area contributed by atoms with E-state index in [9.17, 15) is 9.90 Å². The minimum absolute atomic E-state index is 0.0537. The maximum Gasteiger partial charge on any atom is 0.234 e. The van der Waals surface area contributed by atoms with Crippen molar-refractivity contribution >= 4 is 5.91 Å². The fourth-order valence-electron chi connectivity index (χ4n) is 1.91. The van der Waals surface area contributed by atoms with Gasteiger partial charge in [0.1, 0.15) is 0 Å². The summed E-state index contributed by atoms with van der Waals surface area (Å²) in [6.07, 6.45) is 3.43. The van der Waals surface area contributed by atoms with E-state index in [1.807, 2.05) is 0 Å². The molecule has 1 aliphatic rings. The van der Waals surface area contributed by atoms with Crippen LogP contribution >= 0.6 is 0 Å². The highest BCUT2D eigenvalue weighted by Crippen LogP contribution is 2.17. The number of aliphatic hydroxyl groups is 1. The monoisotopic (exact) mass is 230 g/mol. The largest absolute Gasteiger partial charge is 0.391 e. The summed E-state index contributed by atoms with van der Waals surface area (Å²) in [4.78, 5) is 11.5. The smallest absolute Gasteiger partial charge is 0.234 e. The number of amides is 1. The molecule has 94 valence electrons. The van der Waals surface area contributed by atoms with Crippen LogP contribution in [0.3, 0.4) is 0 Å². The SMILES string of the molecule is COCCNCC(=O)N[C@@H]1CCCC[C@H]1O. The molecule has 0 aliphatic heterocycles. The molecule has 0 spiro atoms. The number of carbonyl (C=O) groups is 1. The molecule has 2 atom stereocenters. The summed E-state index contributed by atoms with van der Waals surface area (Å²) in [7, 11) is 1.63. The zero-order chi connectivity index (χ0) is 11.8. The van der Waals surface area contributed by atoms with Gasteiger partial charge in [-0.1, -0.05) is 12.8 Å². The van der Waals surface area contributed by atoms with Crippen molar-refractivity contribution in [2.45, 2.75) is 37.8 Å². The molecule has 0 aromatic rings. The third kappa shape index (κ3) is 4.92. The first-order chi connectivity index (χ1) is 7.74. The van der Waals surface area contributed by atoms with Crippen molar-refractivity contribution in [1.82, 2.24) is 10.6 Å². The van der Waals surface area contributed by atoms with E-state index in [4.69, 9.17) is 4.74 Å². The van der Waals surface area contributed by atoms with Crippen molar-refractivity contribution in [2.75, 3.05) is 26.8 Å². The highest BCUT2D eigenvalue weighted by molar-refractivity contribution is 5.78. The zero-order valence-corrected chi connectivity index (χ0v) is 9.87. The van der Waals surface area contributed by atoms with E-state index in [2.05, 4.69) is 10.6 Å². The number of hydrogen-bond acceptors (Lipinski definition) is 4. The third-order valence-corrected chi connectivity index (χ3v) is 2.84. The maximum atomic E-state index is 11.5. The van der Waals surface area contributed by atoms with Gasteiger partial charge in [-0.3, -0.25) is 4.79 Å². The zero-order valence-electron chi connectivity index (χ0n) is 9.87. The number of aliphatic hydroxyl groups excluding tert-OH is 1. The topological polar surface area (TPSA) is 70.6 Å². The third-order valence-electron chi connectivity index (χ3n) is 2.84. The van der Waals surface area contributed by atoms with E-state index in [1.54, 1.807) is 7.11 Å². The number of methoxy groups -OCH3 is 1. The second kappa shape index (κ2) is 7.60. The Bertz CT molecular complexity index is 211. The molecule has 0 aromatic carbocycles. The Labute approximate surface area is 96.6 Å². The fourth-order valence-corrected chi connectivity index (χ4v) is 1.91. The van der Waals surface area contributed by atoms with Crippen LogP contribution in [0.1, 0.15) is 25.7 Å². The predicted molar refractivity (Wildman–Crippen MR) is 61.2 cm³/mol. The van der Waals surface area contributed by atoms with Gasteiger partial charge in [0.25, 0.3) is 0 Å². The van der Waals surface area contributed by atoms with E-state index in [1.165, 1.54) is 0 Å². The van der Waals surface area contributed by atoms with E-state index in [0.717, 1.165) is 25.7 Å². The molecule has 0 unspecified atom stereocenters. The minimum atomic E-state index is -0.378. The molecular weight excluding hydrogens is 208 g/mol. The Balaban J connectivity index is 2.12. The summed E-state index contributed by atoms with van der Waals surface area (Å²) >= 11 is 0. The number of rotatable bonds is 6. The lowest BCUT2D eigenvalue weighted by atomic mass is 9.92. The lowest BCUT2D eigenvalue weighted by Gasteiger charge is -2.28. The molecule has 0 saturated heterocycles. The van der Waals surface area contributed by atoms with Gasteiger partial charge in [0.05, 0.1) is 25.3 Å². The summed E-state index contributed by atoms with van der Waals surface area (Å²) in [6.45, 7) is 1.54. The molecule has 5 heteroatoms. The van der Waals surface area contributed by atoms with E-state index in [0.29, 0.717) is 13.2 Å². The van der Waals surface area contributed by atoms with Crippen molar-refractivity contribution in [3.8, 4) is 0 Å². The molecule has 1 saturated carbocycles. The van der Waals surface area contributed by atoms with Crippen molar-refractivity contribution in [1.29, 1.82) is 0 Å². The first-order valence-corrected chi connectivity index (χ1v) is 5.91. The Morgan fingerprint density at radius 2 is 2.19 bits per heavy atom. The molecule has 5 nitrogen and oxygen atoms in total. The second-order valence-corrected chi connectivity index (χ2v) is 4.20. The van der Waals surface area contributed by atoms with Crippen LogP contribution in [0.25, 0.3) is 0 Å². The number of ether oxygens (including phenoxy) is 1. The van der Waals surface area contributed by atoms with Crippen LogP contribution in [0.2, 0.25) is 0 Å². The van der Waals surface area contributed by atoms with Gasteiger partial charge in [-0.25, -0.2) is 0 Å². The lowest BCUT2D eigenvalue weighted by molar-refractivity contribution is -0.122. The summed E-state index contributed by atoms with van der Waals surface area (Å²) < 4.78 is 4.86. The first-order valence-electron chi connectivity index (χ1n) is 5.91. The van der Waals surface area contributed by atoms with Gasteiger partial charge < -0.3 is 20.5 Å². The highest BCUT2D eigenvalue weighted by atomic mass is 16.5. The predicted octanol–water partition coefficient (Wildman–Crippen LogP) is -0.358. The lowest BCUT2D eigenvalue weighted by Crippen LogP contribution is -2.48. The molecule has 1 fully saturated rings. The standard InChI is InChI=1S/C11H22N2O3/c1-16-7-6-12-8-11(15)13-9-4-2-3-5-10(9)14/h9-10,12,14H,2-8H2,1H3,(H,13,15)/t9-,10-/m1/s1. The van der Waals surface area contributed by atoms with Gasteiger partial charge in [0.2, 0.25) is 5.91 Å². The van der Waals surface area contributed by atoms with Gasteiger partial charge in [-0.15, -0.1) is 0 Å². The highest BCUT2D eigenvalue weighted by Gasteiger charge is 2.23. The normalized spacial score (nSPS) is 25.4. The van der Waals surface area contributed by atoms with Crippen LogP contribution in [0.4, 0.5) is 0 Å². The van der Waals surface area contributed by atoms with Crippen molar-refractivity contribution in [3.05, 3.63) is 0 Å². The average Bonchev–Trinajstić information content (AvgIpc) is 2.28. The fraction of sp³-hybridized carbons (Fsp3) is 0.909. The minimum Gasteiger partial charge on any atom is -0.391 e. The molecule has 0 heterocycles. The summed E-state index contributed by atoms with van der Waals surface area (Å²) in [5, 5.41) is 15.5. The van der Waals surface area contributed by atoms with Crippen molar-refractivity contribution in [2.24, 2.45) is 0 Å². The number of carbonyl (C=O) groups excluding carboxylic acids is 1. The quantitative estimate of drug-likeness (QED) is 0.545. The van der Waals surface area contributed by atoms with Gasteiger partial charge in [0.15, 0.2) is 0 Å². The van der Waals surface area contributed by atoms with Gasteiger partial charge in [-0.2, -0.15) is 0 Å². The van der Waals surface area contributed by atoms with E-state index < -0.39 is 0 Å². The second-order valence-electron chi connectivity index (χ2n) is 4.20. The van der Waals surface area contributed by atoms with Gasteiger partial charge >= 0.3 is 0 Å². The number of hydrogen-bond donors (Lipinski definition) is 3. The Morgan fingerprint density at radius 1 is 1.44 bits per heavy atom. The van der Waals surface area contributed by atoms with Crippen molar-refractivity contribution < 1.29 is 14.6 Å². The van der Waals surface area contributed by atoms with Crippen LogP contribution in [-0.2, 0) is 9.53 Å². The molecule has 1 rings (SSSR count). The van der Waals surface area contributed by atoms with Crippen LogP contribution in [0.5, 0.6) is 0 Å². The molecular formula is C11H22N2O3. The number of nitrogens with one attached hydrogen (secondary N) is 2. The molecule has 3 N–H and O–H groups in total. The Morgan fingerprint density at radius 3 is 2.88 bits per heavy atom. The molecule has 0 bridgehead atoms. The molecule has 1 amide bonds. The first kappa shape index (κ1) is 13.4. The molecule has 0 aromatic heterocycles. The van der Waals surface area contributed by atoms with Gasteiger partial charge in [-0.05, 0) is 12.8 Å². The van der Waals surface area contributed by atoms with Crippen LogP contribution in [0, 0.1) is 0 Å².